The molecule has 0 amide bonds. The molecule has 2 nitrogen and oxygen atoms in total. The summed E-state index contributed by atoms with van der Waals surface area (Å²) in [5, 5.41) is -0.0892. The number of alkyl halides is 1. The Morgan fingerprint density at radius 1 is 1.23 bits per heavy atom. The van der Waals surface area contributed by atoms with Crippen molar-refractivity contribution < 1.29 is 8.42 Å². The third-order valence-corrected chi connectivity index (χ3v) is 3.15. The molecule has 0 saturated carbocycles. The van der Waals surface area contributed by atoms with Gasteiger partial charge in [0, 0.05) is 6.26 Å². The van der Waals surface area contributed by atoms with Gasteiger partial charge in [0.15, 0.2) is 9.84 Å². The molecule has 0 radical (unpaired) electrons. The van der Waals surface area contributed by atoms with E-state index in [2.05, 4.69) is 0 Å². The van der Waals surface area contributed by atoms with Crippen LogP contribution in [0.1, 0.15) is 17.9 Å². The largest absolute Gasteiger partial charge is 0.224 e. The molecule has 13 heavy (non-hydrogen) atoms. The van der Waals surface area contributed by atoms with Gasteiger partial charge in [0.2, 0.25) is 0 Å². The summed E-state index contributed by atoms with van der Waals surface area (Å²) in [7, 11) is -3.09. The van der Waals surface area contributed by atoms with Crippen LogP contribution >= 0.6 is 11.6 Å². The molecule has 0 N–H and O–H groups in total. The lowest BCUT2D eigenvalue weighted by molar-refractivity contribution is 0.602. The first-order valence-corrected chi connectivity index (χ1v) is 6.18. The van der Waals surface area contributed by atoms with E-state index in [1.54, 1.807) is 24.3 Å². The fraction of sp³-hybridized carbons (Fsp3) is 0.333. The molecular formula is C9H11ClO2S. The van der Waals surface area contributed by atoms with Crippen LogP contribution in [0.25, 0.3) is 0 Å². The maximum atomic E-state index is 11.1. The monoisotopic (exact) mass is 218 g/mol. The van der Waals surface area contributed by atoms with Gasteiger partial charge < -0.3 is 0 Å². The molecule has 1 aromatic rings. The van der Waals surface area contributed by atoms with Crippen LogP contribution in [-0.2, 0) is 9.84 Å². The zero-order chi connectivity index (χ0) is 10.1. The Labute approximate surface area is 83.5 Å². The SMILES string of the molecule is CC(Cl)c1ccc(S(C)(=O)=O)cc1. The Bertz CT molecular complexity index is 379. The second-order valence-corrected chi connectivity index (χ2v) is 5.63. The number of hydrogen-bond acceptors (Lipinski definition) is 2. The summed E-state index contributed by atoms with van der Waals surface area (Å²) < 4.78 is 22.2. The summed E-state index contributed by atoms with van der Waals surface area (Å²) in [6, 6.07) is 6.61. The highest BCUT2D eigenvalue weighted by Crippen LogP contribution is 2.20. The van der Waals surface area contributed by atoms with E-state index in [1.165, 1.54) is 6.26 Å². The van der Waals surface area contributed by atoms with Gasteiger partial charge in [-0.3, -0.25) is 0 Å². The Balaban J connectivity index is 3.08. The van der Waals surface area contributed by atoms with E-state index < -0.39 is 9.84 Å². The first-order valence-electron chi connectivity index (χ1n) is 3.85. The number of benzene rings is 1. The highest BCUT2D eigenvalue weighted by Gasteiger charge is 2.07. The molecule has 0 fully saturated rings. The van der Waals surface area contributed by atoms with Crippen molar-refractivity contribution in [3.63, 3.8) is 0 Å². The number of rotatable bonds is 2. The summed E-state index contributed by atoms with van der Waals surface area (Å²) in [6.45, 7) is 1.84. The Morgan fingerprint density at radius 2 is 1.69 bits per heavy atom. The maximum absolute atomic E-state index is 11.1. The van der Waals surface area contributed by atoms with Crippen molar-refractivity contribution in [3.05, 3.63) is 29.8 Å². The van der Waals surface area contributed by atoms with Crippen molar-refractivity contribution in [2.45, 2.75) is 17.2 Å². The van der Waals surface area contributed by atoms with Gasteiger partial charge in [0.25, 0.3) is 0 Å². The zero-order valence-electron chi connectivity index (χ0n) is 7.49. The predicted octanol–water partition coefficient (Wildman–Crippen LogP) is 2.39. The third kappa shape index (κ3) is 2.71. The van der Waals surface area contributed by atoms with Crippen LogP contribution in [0.3, 0.4) is 0 Å². The third-order valence-electron chi connectivity index (χ3n) is 1.77. The Kier molecular flexibility index (Phi) is 2.98. The average Bonchev–Trinajstić information content (AvgIpc) is 2.03. The van der Waals surface area contributed by atoms with Crippen molar-refractivity contribution in [2.75, 3.05) is 6.26 Å². The standard InChI is InChI=1S/C9H11ClO2S/c1-7(10)8-3-5-9(6-4-8)13(2,11)12/h3-7H,1-2H3. The molecule has 1 atom stereocenters. The van der Waals surface area contributed by atoms with Crippen LogP contribution in [0.5, 0.6) is 0 Å². The van der Waals surface area contributed by atoms with E-state index in [4.69, 9.17) is 11.6 Å². The van der Waals surface area contributed by atoms with Crippen LogP contribution in [0, 0.1) is 0 Å². The molecule has 0 saturated heterocycles. The van der Waals surface area contributed by atoms with Crippen LogP contribution < -0.4 is 0 Å². The van der Waals surface area contributed by atoms with E-state index in [0.29, 0.717) is 4.90 Å². The van der Waals surface area contributed by atoms with Gasteiger partial charge in [-0.15, -0.1) is 11.6 Å². The molecule has 1 aromatic carbocycles. The smallest absolute Gasteiger partial charge is 0.175 e. The molecule has 0 aromatic heterocycles. The highest BCUT2D eigenvalue weighted by atomic mass is 35.5. The maximum Gasteiger partial charge on any atom is 0.175 e. The van der Waals surface area contributed by atoms with Crippen molar-refractivity contribution in [3.8, 4) is 0 Å². The van der Waals surface area contributed by atoms with E-state index in [0.717, 1.165) is 5.56 Å². The lowest BCUT2D eigenvalue weighted by atomic mass is 10.2. The van der Waals surface area contributed by atoms with E-state index in [9.17, 15) is 8.42 Å². The quantitative estimate of drug-likeness (QED) is 0.715. The molecule has 0 aliphatic carbocycles. The minimum absolute atomic E-state index is 0.0892. The van der Waals surface area contributed by atoms with Crippen molar-refractivity contribution >= 4 is 21.4 Å². The lowest BCUT2D eigenvalue weighted by Crippen LogP contribution is -1.96. The second kappa shape index (κ2) is 3.68. The number of sulfone groups is 1. The van der Waals surface area contributed by atoms with Gasteiger partial charge in [0.1, 0.15) is 0 Å². The second-order valence-electron chi connectivity index (χ2n) is 2.96. The van der Waals surface area contributed by atoms with Crippen LogP contribution in [-0.4, -0.2) is 14.7 Å². The normalized spacial score (nSPS) is 14.1. The summed E-state index contributed by atoms with van der Waals surface area (Å²) in [4.78, 5) is 0.327. The zero-order valence-corrected chi connectivity index (χ0v) is 9.06. The molecule has 0 aliphatic heterocycles. The van der Waals surface area contributed by atoms with Crippen LogP contribution in [0.15, 0.2) is 29.2 Å². The van der Waals surface area contributed by atoms with Crippen LogP contribution in [0.4, 0.5) is 0 Å². The molecule has 0 aliphatic rings. The molecule has 1 unspecified atom stereocenters. The van der Waals surface area contributed by atoms with Gasteiger partial charge >= 0.3 is 0 Å². The summed E-state index contributed by atoms with van der Waals surface area (Å²) in [5.41, 5.74) is 0.925. The molecule has 0 spiro atoms. The minimum Gasteiger partial charge on any atom is -0.224 e. The predicted molar refractivity (Wildman–Crippen MR) is 53.8 cm³/mol. The average molecular weight is 219 g/mol. The van der Waals surface area contributed by atoms with Gasteiger partial charge in [-0.25, -0.2) is 8.42 Å². The fourth-order valence-corrected chi connectivity index (χ4v) is 1.76. The summed E-state index contributed by atoms with van der Waals surface area (Å²) in [5.74, 6) is 0. The topological polar surface area (TPSA) is 34.1 Å². The Morgan fingerprint density at radius 3 is 2.00 bits per heavy atom. The Hall–Kier alpha value is -0.540. The first-order chi connectivity index (χ1) is 5.91. The van der Waals surface area contributed by atoms with Gasteiger partial charge in [0.05, 0.1) is 10.3 Å². The van der Waals surface area contributed by atoms with Gasteiger partial charge in [-0.05, 0) is 24.6 Å². The molecule has 1 rings (SSSR count). The van der Waals surface area contributed by atoms with Crippen molar-refractivity contribution in [1.29, 1.82) is 0 Å². The molecule has 72 valence electrons. The highest BCUT2D eigenvalue weighted by molar-refractivity contribution is 7.90. The summed E-state index contributed by atoms with van der Waals surface area (Å²) >= 11 is 5.82. The van der Waals surface area contributed by atoms with Crippen molar-refractivity contribution in [1.82, 2.24) is 0 Å². The van der Waals surface area contributed by atoms with E-state index in [-0.39, 0.29) is 5.38 Å². The first kappa shape index (κ1) is 10.5. The molecule has 0 bridgehead atoms. The fourth-order valence-electron chi connectivity index (χ4n) is 0.980. The van der Waals surface area contributed by atoms with E-state index >= 15 is 0 Å². The van der Waals surface area contributed by atoms with Crippen molar-refractivity contribution in [2.24, 2.45) is 0 Å². The van der Waals surface area contributed by atoms with Gasteiger partial charge in [-0.2, -0.15) is 0 Å². The van der Waals surface area contributed by atoms with E-state index in [1.807, 2.05) is 6.92 Å². The number of halogens is 1. The summed E-state index contributed by atoms with van der Waals surface area (Å²) in [6.07, 6.45) is 1.19. The van der Waals surface area contributed by atoms with Gasteiger partial charge in [-0.1, -0.05) is 12.1 Å². The minimum atomic E-state index is -3.09. The molecule has 4 heteroatoms. The lowest BCUT2D eigenvalue weighted by Gasteiger charge is -2.03. The van der Waals surface area contributed by atoms with Crippen LogP contribution in [0.2, 0.25) is 0 Å². The molecule has 0 heterocycles. The number of hydrogen-bond donors (Lipinski definition) is 0. The molecular weight excluding hydrogens is 208 g/mol.